The van der Waals surface area contributed by atoms with Gasteiger partial charge in [0.2, 0.25) is 0 Å². The number of aliphatic hydroxyl groups is 1. The minimum Gasteiger partial charge on any atom is -0.486 e. The van der Waals surface area contributed by atoms with Crippen LogP contribution in [0.5, 0.6) is 5.75 Å². The number of thioether (sulfide) groups is 1. The van der Waals surface area contributed by atoms with Crippen molar-refractivity contribution in [1.29, 1.82) is 0 Å². The number of aliphatic hydroxyl groups excluding tert-OH is 1. The second-order valence-electron chi connectivity index (χ2n) is 3.95. The average molecular weight is 296 g/mol. The summed E-state index contributed by atoms with van der Waals surface area (Å²) in [5, 5.41) is 18.6. The van der Waals surface area contributed by atoms with Crippen molar-refractivity contribution < 1.29 is 9.84 Å². The lowest BCUT2D eigenvalue weighted by molar-refractivity contribution is 0.173. The molecule has 1 N–H and O–H groups in total. The first-order valence-electron chi connectivity index (χ1n) is 6.00. The number of hydrogen-bond donors (Lipinski definition) is 1. The zero-order chi connectivity index (χ0) is 13.7. The molecule has 1 aromatic carbocycles. The van der Waals surface area contributed by atoms with E-state index in [0.717, 1.165) is 20.7 Å². The molecule has 0 fully saturated rings. The third-order valence-corrected chi connectivity index (χ3v) is 4.51. The van der Waals surface area contributed by atoms with Crippen LogP contribution in [-0.2, 0) is 6.61 Å². The molecule has 2 rings (SSSR count). The monoisotopic (exact) mass is 296 g/mol. The highest BCUT2D eigenvalue weighted by molar-refractivity contribution is 8.00. The number of nitrogens with zero attached hydrogens (tertiary/aromatic N) is 2. The molecule has 1 aromatic heterocycles. The van der Waals surface area contributed by atoms with Gasteiger partial charge in [0.05, 0.1) is 6.10 Å². The van der Waals surface area contributed by atoms with E-state index in [4.69, 9.17) is 4.74 Å². The topological polar surface area (TPSA) is 55.2 Å². The van der Waals surface area contributed by atoms with Crippen molar-refractivity contribution in [2.75, 3.05) is 6.26 Å². The predicted molar refractivity (Wildman–Crippen MR) is 77.7 cm³/mol. The van der Waals surface area contributed by atoms with Crippen LogP contribution >= 0.6 is 23.1 Å². The number of aromatic nitrogens is 2. The zero-order valence-electron chi connectivity index (χ0n) is 10.9. The molecule has 2 aromatic rings. The van der Waals surface area contributed by atoms with Gasteiger partial charge in [0.1, 0.15) is 12.4 Å². The minimum atomic E-state index is -0.402. The predicted octanol–water partition coefficient (Wildman–Crippen LogP) is 3.28. The van der Waals surface area contributed by atoms with Gasteiger partial charge in [-0.1, -0.05) is 42.2 Å². The summed E-state index contributed by atoms with van der Waals surface area (Å²) >= 11 is 3.12. The molecule has 102 valence electrons. The molecule has 0 bridgehead atoms. The lowest BCUT2D eigenvalue weighted by atomic mass is 10.1. The van der Waals surface area contributed by atoms with Crippen LogP contribution in [0, 0.1) is 0 Å². The van der Waals surface area contributed by atoms with E-state index >= 15 is 0 Å². The van der Waals surface area contributed by atoms with Gasteiger partial charge in [0.25, 0.3) is 0 Å². The number of benzene rings is 1. The fourth-order valence-corrected chi connectivity index (χ4v) is 2.77. The standard InChI is InChI=1S/C13H16N2O2S2/c1-3-11(16)9-4-6-10(7-5-9)17-8-12-14-15-13(18-2)19-12/h4-7,11,16H,3,8H2,1-2H3. The molecule has 6 heteroatoms. The molecule has 4 nitrogen and oxygen atoms in total. The van der Waals surface area contributed by atoms with Gasteiger partial charge in [0.15, 0.2) is 9.35 Å². The molecule has 19 heavy (non-hydrogen) atoms. The summed E-state index contributed by atoms with van der Waals surface area (Å²) < 4.78 is 6.58. The van der Waals surface area contributed by atoms with Crippen LogP contribution in [0.15, 0.2) is 28.6 Å². The number of ether oxygens (including phenoxy) is 1. The molecule has 0 saturated carbocycles. The molecule has 0 saturated heterocycles. The van der Waals surface area contributed by atoms with Gasteiger partial charge in [-0.2, -0.15) is 0 Å². The van der Waals surface area contributed by atoms with E-state index in [2.05, 4.69) is 10.2 Å². The van der Waals surface area contributed by atoms with E-state index in [-0.39, 0.29) is 0 Å². The summed E-state index contributed by atoms with van der Waals surface area (Å²) in [5.74, 6) is 0.771. The highest BCUT2D eigenvalue weighted by atomic mass is 32.2. The van der Waals surface area contributed by atoms with Crippen molar-refractivity contribution in [2.24, 2.45) is 0 Å². The van der Waals surface area contributed by atoms with E-state index in [0.29, 0.717) is 13.0 Å². The van der Waals surface area contributed by atoms with E-state index in [1.807, 2.05) is 37.4 Å². The Balaban J connectivity index is 1.92. The van der Waals surface area contributed by atoms with Crippen LogP contribution in [0.4, 0.5) is 0 Å². The Hall–Kier alpha value is -1.11. The molecule has 0 aliphatic rings. The Morgan fingerprint density at radius 3 is 2.63 bits per heavy atom. The van der Waals surface area contributed by atoms with Crippen LogP contribution in [0.3, 0.4) is 0 Å². The lowest BCUT2D eigenvalue weighted by Crippen LogP contribution is -1.97. The Morgan fingerprint density at radius 2 is 2.05 bits per heavy atom. The fourth-order valence-electron chi connectivity index (χ4n) is 1.55. The molecule has 0 amide bonds. The van der Waals surface area contributed by atoms with E-state index in [1.54, 1.807) is 11.8 Å². The van der Waals surface area contributed by atoms with Crippen molar-refractivity contribution in [2.45, 2.75) is 30.4 Å². The summed E-state index contributed by atoms with van der Waals surface area (Å²) in [6.45, 7) is 2.38. The molecule has 1 atom stereocenters. The van der Waals surface area contributed by atoms with Gasteiger partial charge in [-0.25, -0.2) is 0 Å². The number of hydrogen-bond acceptors (Lipinski definition) is 6. The Kier molecular flexibility index (Phi) is 5.18. The smallest absolute Gasteiger partial charge is 0.174 e. The normalized spacial score (nSPS) is 12.4. The summed E-state index contributed by atoms with van der Waals surface area (Å²) in [4.78, 5) is 0. The second-order valence-corrected chi connectivity index (χ2v) is 6.06. The van der Waals surface area contributed by atoms with Crippen molar-refractivity contribution in [1.82, 2.24) is 10.2 Å². The van der Waals surface area contributed by atoms with E-state index in [1.165, 1.54) is 11.3 Å². The van der Waals surface area contributed by atoms with E-state index in [9.17, 15) is 5.11 Å². The van der Waals surface area contributed by atoms with Crippen LogP contribution in [0.2, 0.25) is 0 Å². The zero-order valence-corrected chi connectivity index (χ0v) is 12.5. The number of rotatable bonds is 6. The third-order valence-electron chi connectivity index (χ3n) is 2.64. The summed E-state index contributed by atoms with van der Waals surface area (Å²) in [6.07, 6.45) is 2.28. The second kappa shape index (κ2) is 6.88. The van der Waals surface area contributed by atoms with Crippen LogP contribution in [0.25, 0.3) is 0 Å². The first-order valence-corrected chi connectivity index (χ1v) is 8.04. The highest BCUT2D eigenvalue weighted by Crippen LogP contribution is 2.23. The molecule has 0 aliphatic heterocycles. The van der Waals surface area contributed by atoms with Gasteiger partial charge in [0, 0.05) is 0 Å². The van der Waals surface area contributed by atoms with Crippen molar-refractivity contribution >= 4 is 23.1 Å². The molecule has 0 aliphatic carbocycles. The Bertz CT molecular complexity index is 514. The van der Waals surface area contributed by atoms with Crippen molar-refractivity contribution in [3.63, 3.8) is 0 Å². The Labute approximate surface area is 120 Å². The first kappa shape index (κ1) is 14.3. The van der Waals surface area contributed by atoms with Crippen LogP contribution in [-0.4, -0.2) is 21.6 Å². The SMILES string of the molecule is CCC(O)c1ccc(OCc2nnc(SC)s2)cc1. The fraction of sp³-hybridized carbons (Fsp3) is 0.385. The highest BCUT2D eigenvalue weighted by Gasteiger charge is 2.06. The maximum atomic E-state index is 9.70. The molecular formula is C13H16N2O2S2. The summed E-state index contributed by atoms with van der Waals surface area (Å²) in [6, 6.07) is 7.50. The van der Waals surface area contributed by atoms with E-state index < -0.39 is 6.10 Å². The summed E-state index contributed by atoms with van der Waals surface area (Å²) in [7, 11) is 0. The molecule has 0 radical (unpaired) electrons. The van der Waals surface area contributed by atoms with Crippen LogP contribution in [0.1, 0.15) is 30.0 Å². The van der Waals surface area contributed by atoms with Gasteiger partial charge in [-0.3, -0.25) is 0 Å². The summed E-state index contributed by atoms with van der Waals surface area (Å²) in [5.41, 5.74) is 0.912. The average Bonchev–Trinajstić information content (AvgIpc) is 2.93. The van der Waals surface area contributed by atoms with Gasteiger partial charge in [-0.15, -0.1) is 10.2 Å². The van der Waals surface area contributed by atoms with Crippen LogP contribution < -0.4 is 4.74 Å². The van der Waals surface area contributed by atoms with Gasteiger partial charge < -0.3 is 9.84 Å². The van der Waals surface area contributed by atoms with Gasteiger partial charge in [-0.05, 0) is 30.4 Å². The Morgan fingerprint density at radius 1 is 1.32 bits per heavy atom. The maximum Gasteiger partial charge on any atom is 0.174 e. The van der Waals surface area contributed by atoms with Crippen molar-refractivity contribution in [3.8, 4) is 5.75 Å². The lowest BCUT2D eigenvalue weighted by Gasteiger charge is -2.09. The quantitative estimate of drug-likeness (QED) is 0.829. The maximum absolute atomic E-state index is 9.70. The third kappa shape index (κ3) is 3.92. The largest absolute Gasteiger partial charge is 0.486 e. The van der Waals surface area contributed by atoms with Gasteiger partial charge >= 0.3 is 0 Å². The molecule has 1 heterocycles. The van der Waals surface area contributed by atoms with Crippen molar-refractivity contribution in [3.05, 3.63) is 34.8 Å². The molecular weight excluding hydrogens is 280 g/mol. The minimum absolute atomic E-state index is 0.402. The molecule has 1 unspecified atom stereocenters. The first-order chi connectivity index (χ1) is 9.22. The molecule has 0 spiro atoms.